The molecule has 5 nitrogen and oxygen atoms in total. The number of benzene rings is 1. The van der Waals surface area contributed by atoms with Gasteiger partial charge in [0.2, 0.25) is 0 Å². The molecular weight excluding hydrogens is 408 g/mol. The van der Waals surface area contributed by atoms with Crippen LogP contribution in [0.5, 0.6) is 0 Å². The molecular formula is C22H21F2N3O2S. The van der Waals surface area contributed by atoms with Crippen LogP contribution in [0.25, 0.3) is 10.4 Å². The molecule has 0 aliphatic carbocycles. The van der Waals surface area contributed by atoms with Gasteiger partial charge < -0.3 is 14.2 Å². The fourth-order valence-electron chi connectivity index (χ4n) is 4.42. The molecule has 0 bridgehead atoms. The van der Waals surface area contributed by atoms with Gasteiger partial charge in [-0.2, -0.15) is 0 Å². The van der Waals surface area contributed by atoms with Gasteiger partial charge in [0.25, 0.3) is 5.91 Å². The summed E-state index contributed by atoms with van der Waals surface area (Å²) in [5.74, 6) is -1.69. The standard InChI is InChI=1S/C22H21F2N3O2S/c1-26-13-25-12-17(26)21(28)27-8-6-22(7-9-27)20-14(5-10-29-22)11-18(30-20)15-3-2-4-16(23)19(15)24/h2-4,11-13H,5-10H2,1H3. The first-order valence-corrected chi connectivity index (χ1v) is 10.8. The highest BCUT2D eigenvalue weighted by atomic mass is 32.1. The number of carbonyl (C=O) groups excluding carboxylic acids is 1. The summed E-state index contributed by atoms with van der Waals surface area (Å²) in [4.78, 5) is 20.5. The number of carbonyl (C=O) groups is 1. The van der Waals surface area contributed by atoms with Crippen molar-refractivity contribution in [2.45, 2.75) is 24.9 Å². The van der Waals surface area contributed by atoms with Crippen LogP contribution in [0.3, 0.4) is 0 Å². The van der Waals surface area contributed by atoms with Crippen LogP contribution in [-0.4, -0.2) is 40.1 Å². The number of halogens is 2. The van der Waals surface area contributed by atoms with Crippen LogP contribution in [0.2, 0.25) is 0 Å². The maximum atomic E-state index is 14.3. The zero-order valence-corrected chi connectivity index (χ0v) is 17.3. The number of rotatable bonds is 2. The van der Waals surface area contributed by atoms with Crippen LogP contribution in [0.4, 0.5) is 8.78 Å². The Balaban J connectivity index is 1.42. The van der Waals surface area contributed by atoms with Crippen molar-refractivity contribution in [1.82, 2.24) is 14.5 Å². The fourth-order valence-corrected chi connectivity index (χ4v) is 5.85. The van der Waals surface area contributed by atoms with Crippen LogP contribution >= 0.6 is 11.3 Å². The van der Waals surface area contributed by atoms with Gasteiger partial charge >= 0.3 is 0 Å². The van der Waals surface area contributed by atoms with Gasteiger partial charge in [-0.25, -0.2) is 13.8 Å². The van der Waals surface area contributed by atoms with Gasteiger partial charge in [0, 0.05) is 35.5 Å². The van der Waals surface area contributed by atoms with Crippen molar-refractivity contribution in [3.05, 3.63) is 64.6 Å². The van der Waals surface area contributed by atoms with Gasteiger partial charge in [-0.1, -0.05) is 12.1 Å². The summed E-state index contributed by atoms with van der Waals surface area (Å²) >= 11 is 1.48. The highest BCUT2D eigenvalue weighted by Crippen LogP contribution is 2.48. The minimum Gasteiger partial charge on any atom is -0.369 e. The maximum absolute atomic E-state index is 14.3. The average molecular weight is 429 g/mol. The Bertz CT molecular complexity index is 1120. The molecule has 30 heavy (non-hydrogen) atoms. The number of imidazole rings is 1. The predicted molar refractivity (Wildman–Crippen MR) is 109 cm³/mol. The van der Waals surface area contributed by atoms with E-state index in [0.717, 1.165) is 27.8 Å². The second-order valence-corrected chi connectivity index (χ2v) is 8.89. The van der Waals surface area contributed by atoms with E-state index >= 15 is 0 Å². The molecule has 1 aromatic carbocycles. The van der Waals surface area contributed by atoms with Gasteiger partial charge in [0.05, 0.1) is 19.1 Å². The van der Waals surface area contributed by atoms with E-state index in [1.807, 2.05) is 11.0 Å². The number of fused-ring (bicyclic) bond motifs is 2. The molecule has 1 fully saturated rings. The Morgan fingerprint density at radius 3 is 2.80 bits per heavy atom. The number of piperidine rings is 1. The van der Waals surface area contributed by atoms with E-state index in [1.54, 1.807) is 30.2 Å². The number of hydrogen-bond donors (Lipinski definition) is 0. The summed E-state index contributed by atoms with van der Waals surface area (Å²) in [6, 6.07) is 6.24. The molecule has 0 unspecified atom stereocenters. The second-order valence-electron chi connectivity index (χ2n) is 7.84. The molecule has 0 atom stereocenters. The molecule has 2 aliphatic heterocycles. The fraction of sp³-hybridized carbons (Fsp3) is 0.364. The van der Waals surface area contributed by atoms with E-state index in [0.29, 0.717) is 38.2 Å². The average Bonchev–Trinajstić information content (AvgIpc) is 3.37. The minimum atomic E-state index is -0.841. The lowest BCUT2D eigenvalue weighted by atomic mass is 9.85. The zero-order valence-electron chi connectivity index (χ0n) is 16.5. The van der Waals surface area contributed by atoms with Crippen molar-refractivity contribution >= 4 is 17.2 Å². The van der Waals surface area contributed by atoms with Crippen molar-refractivity contribution < 1.29 is 18.3 Å². The molecule has 1 saturated heterocycles. The smallest absolute Gasteiger partial charge is 0.272 e. The predicted octanol–water partition coefficient (Wildman–Crippen LogP) is 4.13. The SMILES string of the molecule is Cn1cncc1C(=O)N1CCC2(CC1)OCCc1cc(-c3cccc(F)c3F)sc12. The van der Waals surface area contributed by atoms with Gasteiger partial charge in [0.15, 0.2) is 11.6 Å². The summed E-state index contributed by atoms with van der Waals surface area (Å²) in [5.41, 5.74) is 1.52. The Hall–Kier alpha value is -2.58. The van der Waals surface area contributed by atoms with E-state index < -0.39 is 17.2 Å². The summed E-state index contributed by atoms with van der Waals surface area (Å²) in [5, 5.41) is 0. The third kappa shape index (κ3) is 3.06. The van der Waals surface area contributed by atoms with Crippen LogP contribution in [0.1, 0.15) is 33.8 Å². The molecule has 4 heterocycles. The van der Waals surface area contributed by atoms with Crippen molar-refractivity contribution in [2.75, 3.05) is 19.7 Å². The van der Waals surface area contributed by atoms with Crippen LogP contribution < -0.4 is 0 Å². The summed E-state index contributed by atoms with van der Waals surface area (Å²) in [6.07, 6.45) is 5.31. The lowest BCUT2D eigenvalue weighted by Gasteiger charge is -2.43. The Morgan fingerprint density at radius 1 is 1.27 bits per heavy atom. The van der Waals surface area contributed by atoms with Crippen molar-refractivity contribution in [1.29, 1.82) is 0 Å². The Morgan fingerprint density at radius 2 is 2.07 bits per heavy atom. The largest absolute Gasteiger partial charge is 0.369 e. The molecule has 1 amide bonds. The minimum absolute atomic E-state index is 0.0328. The number of hydrogen-bond acceptors (Lipinski definition) is 4. The highest BCUT2D eigenvalue weighted by Gasteiger charge is 2.43. The number of aryl methyl sites for hydroxylation is 1. The molecule has 8 heteroatoms. The molecule has 2 aromatic heterocycles. The maximum Gasteiger partial charge on any atom is 0.272 e. The topological polar surface area (TPSA) is 47.4 Å². The van der Waals surface area contributed by atoms with Crippen molar-refractivity contribution in [2.24, 2.45) is 7.05 Å². The summed E-state index contributed by atoms with van der Waals surface area (Å²) < 4.78 is 36.1. The van der Waals surface area contributed by atoms with Gasteiger partial charge in [-0.15, -0.1) is 11.3 Å². The molecule has 156 valence electrons. The Kier molecular flexibility index (Phi) is 4.71. The highest BCUT2D eigenvalue weighted by molar-refractivity contribution is 7.15. The van der Waals surface area contributed by atoms with E-state index in [2.05, 4.69) is 4.98 Å². The number of nitrogens with zero attached hydrogens (tertiary/aromatic N) is 3. The van der Waals surface area contributed by atoms with E-state index in [-0.39, 0.29) is 11.5 Å². The van der Waals surface area contributed by atoms with Crippen molar-refractivity contribution in [3.63, 3.8) is 0 Å². The molecule has 0 radical (unpaired) electrons. The van der Waals surface area contributed by atoms with E-state index in [4.69, 9.17) is 4.74 Å². The Labute approximate surface area is 176 Å². The van der Waals surface area contributed by atoms with Gasteiger partial charge in [-0.05, 0) is 37.0 Å². The first-order valence-electron chi connectivity index (χ1n) is 9.96. The quantitative estimate of drug-likeness (QED) is 0.616. The van der Waals surface area contributed by atoms with Gasteiger partial charge in [-0.3, -0.25) is 4.79 Å². The zero-order chi connectivity index (χ0) is 20.9. The van der Waals surface area contributed by atoms with E-state index in [1.165, 1.54) is 17.4 Å². The molecule has 0 N–H and O–H groups in total. The lowest BCUT2D eigenvalue weighted by Crippen LogP contribution is -2.48. The molecule has 1 spiro atoms. The normalized spacial score (nSPS) is 17.9. The number of thiophene rings is 1. The summed E-state index contributed by atoms with van der Waals surface area (Å²) in [6.45, 7) is 1.74. The second kappa shape index (κ2) is 7.28. The van der Waals surface area contributed by atoms with Gasteiger partial charge in [0.1, 0.15) is 11.3 Å². The summed E-state index contributed by atoms with van der Waals surface area (Å²) in [7, 11) is 1.81. The third-order valence-electron chi connectivity index (χ3n) is 6.08. The number of amides is 1. The lowest BCUT2D eigenvalue weighted by molar-refractivity contribution is -0.0906. The molecule has 2 aliphatic rings. The van der Waals surface area contributed by atoms with Crippen LogP contribution in [0.15, 0.2) is 36.8 Å². The van der Waals surface area contributed by atoms with Crippen LogP contribution in [-0.2, 0) is 23.8 Å². The van der Waals surface area contributed by atoms with Crippen LogP contribution in [0, 0.1) is 11.6 Å². The number of likely N-dealkylation sites (tertiary alicyclic amines) is 1. The molecule has 3 aromatic rings. The first-order chi connectivity index (χ1) is 14.5. The first kappa shape index (κ1) is 19.4. The van der Waals surface area contributed by atoms with Crippen molar-refractivity contribution in [3.8, 4) is 10.4 Å². The molecule has 0 saturated carbocycles. The van der Waals surface area contributed by atoms with E-state index in [9.17, 15) is 13.6 Å². The monoisotopic (exact) mass is 429 g/mol. The number of aromatic nitrogens is 2. The third-order valence-corrected chi connectivity index (χ3v) is 7.48. The molecule has 5 rings (SSSR count). The number of ether oxygens (including phenoxy) is 1.